The molecule has 0 radical (unpaired) electrons. The van der Waals surface area contributed by atoms with E-state index in [4.69, 9.17) is 4.74 Å². The van der Waals surface area contributed by atoms with Gasteiger partial charge in [-0.05, 0) is 50.3 Å². The lowest BCUT2D eigenvalue weighted by Gasteiger charge is -2.28. The number of benzene rings is 1. The van der Waals surface area contributed by atoms with Crippen LogP contribution in [-0.2, 0) is 10.5 Å². The standard InChI is InChI=1S/C24H31N5O2S/c1-16-8-4-7-11-21(16)31-13-12-25-22(30)20-10-6-5-9-19(20)15-32-24-27-23-26-17(2)14-18(3)29(23)28-24/h5-6,9-10,14,16,21H,4,7-8,11-13,15H2,1-3H3,(H,25,30). The van der Waals surface area contributed by atoms with E-state index in [0.717, 1.165) is 23.4 Å². The number of nitrogens with zero attached hydrogens (tertiary/aromatic N) is 4. The first-order valence-electron chi connectivity index (χ1n) is 11.3. The third kappa shape index (κ3) is 5.48. The average Bonchev–Trinajstić information content (AvgIpc) is 3.20. The first kappa shape index (κ1) is 22.7. The summed E-state index contributed by atoms with van der Waals surface area (Å²) in [5, 5.41) is 8.20. The number of nitrogens with one attached hydrogen (secondary N) is 1. The number of hydrogen-bond donors (Lipinski definition) is 1. The van der Waals surface area contributed by atoms with Gasteiger partial charge in [-0.1, -0.05) is 49.7 Å². The highest BCUT2D eigenvalue weighted by Gasteiger charge is 2.21. The molecule has 1 aliphatic rings. The number of thioether (sulfide) groups is 1. The van der Waals surface area contributed by atoms with Gasteiger partial charge in [0.15, 0.2) is 0 Å². The van der Waals surface area contributed by atoms with E-state index in [9.17, 15) is 4.79 Å². The molecule has 3 aromatic rings. The topological polar surface area (TPSA) is 81.4 Å². The van der Waals surface area contributed by atoms with Gasteiger partial charge in [0.25, 0.3) is 11.7 Å². The fourth-order valence-corrected chi connectivity index (χ4v) is 5.04. The summed E-state index contributed by atoms with van der Waals surface area (Å²) in [6.07, 6.45) is 5.22. The Bertz CT molecular complexity index is 1080. The fourth-order valence-electron chi connectivity index (χ4n) is 4.22. The molecular weight excluding hydrogens is 422 g/mol. The number of carbonyl (C=O) groups is 1. The van der Waals surface area contributed by atoms with Crippen LogP contribution in [-0.4, -0.2) is 44.7 Å². The molecule has 1 aromatic carbocycles. The van der Waals surface area contributed by atoms with Gasteiger partial charge in [0, 0.05) is 29.2 Å². The molecule has 4 rings (SSSR count). The third-order valence-corrected chi connectivity index (χ3v) is 6.86. The summed E-state index contributed by atoms with van der Waals surface area (Å²) in [7, 11) is 0. The van der Waals surface area contributed by atoms with Crippen molar-refractivity contribution in [3.05, 3.63) is 52.8 Å². The number of aromatic nitrogens is 4. The van der Waals surface area contributed by atoms with Crippen molar-refractivity contribution in [2.24, 2.45) is 5.92 Å². The van der Waals surface area contributed by atoms with E-state index in [0.29, 0.717) is 47.4 Å². The molecule has 2 heterocycles. The summed E-state index contributed by atoms with van der Waals surface area (Å²) in [6, 6.07) is 9.66. The van der Waals surface area contributed by atoms with Crippen LogP contribution in [0.5, 0.6) is 0 Å². The molecule has 1 fully saturated rings. The van der Waals surface area contributed by atoms with E-state index < -0.39 is 0 Å². The molecule has 0 aliphatic heterocycles. The van der Waals surface area contributed by atoms with Crippen LogP contribution < -0.4 is 5.32 Å². The molecule has 2 aromatic heterocycles. The molecule has 7 nitrogen and oxygen atoms in total. The number of hydrogen-bond acceptors (Lipinski definition) is 6. The van der Waals surface area contributed by atoms with Gasteiger partial charge in [-0.25, -0.2) is 9.50 Å². The Kier molecular flexibility index (Phi) is 7.42. The number of rotatable bonds is 8. The van der Waals surface area contributed by atoms with Crippen LogP contribution in [0.2, 0.25) is 0 Å². The molecule has 1 amide bonds. The number of fused-ring (bicyclic) bond motifs is 1. The normalized spacial score (nSPS) is 18.7. The summed E-state index contributed by atoms with van der Waals surface area (Å²) in [5.74, 6) is 1.74. The van der Waals surface area contributed by atoms with E-state index in [1.54, 1.807) is 4.52 Å². The van der Waals surface area contributed by atoms with Crippen molar-refractivity contribution in [2.45, 2.75) is 63.5 Å². The van der Waals surface area contributed by atoms with E-state index in [1.165, 1.54) is 31.0 Å². The molecule has 1 saturated carbocycles. The lowest BCUT2D eigenvalue weighted by molar-refractivity contribution is -0.00294. The molecule has 0 saturated heterocycles. The molecule has 2 unspecified atom stereocenters. The van der Waals surface area contributed by atoms with Crippen LogP contribution in [0.25, 0.3) is 5.78 Å². The highest BCUT2D eigenvalue weighted by Crippen LogP contribution is 2.26. The quantitative estimate of drug-likeness (QED) is 0.403. The number of carbonyl (C=O) groups excluding carboxylic acids is 1. The molecule has 0 bridgehead atoms. The van der Waals surface area contributed by atoms with Crippen LogP contribution in [0.3, 0.4) is 0 Å². The van der Waals surface area contributed by atoms with Gasteiger partial charge in [-0.2, -0.15) is 4.98 Å². The van der Waals surface area contributed by atoms with Gasteiger partial charge in [0.1, 0.15) is 0 Å². The monoisotopic (exact) mass is 453 g/mol. The lowest BCUT2D eigenvalue weighted by Crippen LogP contribution is -2.32. The first-order valence-corrected chi connectivity index (χ1v) is 12.3. The summed E-state index contributed by atoms with van der Waals surface area (Å²) in [5.41, 5.74) is 3.55. The van der Waals surface area contributed by atoms with Gasteiger partial charge < -0.3 is 10.1 Å². The zero-order valence-electron chi connectivity index (χ0n) is 19.0. The highest BCUT2D eigenvalue weighted by atomic mass is 32.2. The van der Waals surface area contributed by atoms with E-state index in [1.807, 2.05) is 44.2 Å². The van der Waals surface area contributed by atoms with Crippen molar-refractivity contribution in [1.82, 2.24) is 24.9 Å². The third-order valence-electron chi connectivity index (χ3n) is 5.97. The largest absolute Gasteiger partial charge is 0.376 e. The molecule has 0 spiro atoms. The van der Waals surface area contributed by atoms with Crippen LogP contribution in [0, 0.1) is 19.8 Å². The number of aryl methyl sites for hydroxylation is 2. The fraction of sp³-hybridized carbons (Fsp3) is 0.500. The number of amides is 1. The first-order chi connectivity index (χ1) is 15.5. The van der Waals surface area contributed by atoms with E-state index in [-0.39, 0.29) is 5.91 Å². The Morgan fingerprint density at radius 2 is 2.03 bits per heavy atom. The number of ether oxygens (including phenoxy) is 1. The molecule has 2 atom stereocenters. The molecular formula is C24H31N5O2S. The second-order valence-corrected chi connectivity index (χ2v) is 9.46. The summed E-state index contributed by atoms with van der Waals surface area (Å²) in [4.78, 5) is 21.8. The molecule has 170 valence electrons. The lowest BCUT2D eigenvalue weighted by atomic mass is 9.88. The molecule has 1 aliphatic carbocycles. The van der Waals surface area contributed by atoms with Crippen molar-refractivity contribution < 1.29 is 9.53 Å². The van der Waals surface area contributed by atoms with E-state index in [2.05, 4.69) is 27.3 Å². The van der Waals surface area contributed by atoms with Crippen LogP contribution in [0.4, 0.5) is 0 Å². The average molecular weight is 454 g/mol. The minimum atomic E-state index is -0.0717. The molecule has 8 heteroatoms. The van der Waals surface area contributed by atoms with Gasteiger partial charge in [0.2, 0.25) is 5.16 Å². The minimum absolute atomic E-state index is 0.0717. The zero-order valence-corrected chi connectivity index (χ0v) is 19.8. The molecule has 1 N–H and O–H groups in total. The summed E-state index contributed by atoms with van der Waals surface area (Å²) >= 11 is 1.50. The zero-order chi connectivity index (χ0) is 22.5. The van der Waals surface area contributed by atoms with Crippen LogP contribution in [0.1, 0.15) is 59.9 Å². The van der Waals surface area contributed by atoms with Crippen molar-refractivity contribution in [2.75, 3.05) is 13.2 Å². The van der Waals surface area contributed by atoms with Crippen LogP contribution in [0.15, 0.2) is 35.5 Å². The van der Waals surface area contributed by atoms with Crippen molar-refractivity contribution in [3.63, 3.8) is 0 Å². The van der Waals surface area contributed by atoms with Crippen molar-refractivity contribution in [3.8, 4) is 0 Å². The van der Waals surface area contributed by atoms with Gasteiger partial charge in [0.05, 0.1) is 12.7 Å². The summed E-state index contributed by atoms with van der Waals surface area (Å²) in [6.45, 7) is 7.26. The predicted molar refractivity (Wildman–Crippen MR) is 126 cm³/mol. The highest BCUT2D eigenvalue weighted by molar-refractivity contribution is 7.98. The van der Waals surface area contributed by atoms with Gasteiger partial charge in [-0.15, -0.1) is 5.10 Å². The SMILES string of the molecule is Cc1cc(C)n2nc(SCc3ccccc3C(=O)NCCOC3CCCCC3C)nc2n1. The Balaban J connectivity index is 1.33. The minimum Gasteiger partial charge on any atom is -0.376 e. The maximum Gasteiger partial charge on any atom is 0.253 e. The second kappa shape index (κ2) is 10.4. The van der Waals surface area contributed by atoms with Gasteiger partial charge >= 0.3 is 0 Å². The Morgan fingerprint density at radius 1 is 1.22 bits per heavy atom. The summed E-state index contributed by atoms with van der Waals surface area (Å²) < 4.78 is 7.77. The van der Waals surface area contributed by atoms with Gasteiger partial charge in [-0.3, -0.25) is 4.79 Å². The molecule has 32 heavy (non-hydrogen) atoms. The Hall–Kier alpha value is -2.45. The maximum atomic E-state index is 12.8. The Morgan fingerprint density at radius 3 is 2.88 bits per heavy atom. The smallest absolute Gasteiger partial charge is 0.253 e. The van der Waals surface area contributed by atoms with E-state index >= 15 is 0 Å². The Labute approximate surface area is 193 Å². The maximum absolute atomic E-state index is 12.8. The van der Waals surface area contributed by atoms with Crippen molar-refractivity contribution >= 4 is 23.4 Å². The predicted octanol–water partition coefficient (Wildman–Crippen LogP) is 4.36. The van der Waals surface area contributed by atoms with Crippen LogP contribution >= 0.6 is 11.8 Å². The van der Waals surface area contributed by atoms with Crippen molar-refractivity contribution in [1.29, 1.82) is 0 Å². The second-order valence-electron chi connectivity index (χ2n) is 8.52.